The van der Waals surface area contributed by atoms with Crippen molar-refractivity contribution in [1.29, 1.82) is 0 Å². The fourth-order valence-corrected chi connectivity index (χ4v) is 2.36. The minimum absolute atomic E-state index is 0.527. The normalized spacial score (nSPS) is 10.7. The van der Waals surface area contributed by atoms with Crippen molar-refractivity contribution in [2.75, 3.05) is 12.0 Å². The number of ether oxygens (including phenoxy) is 1. The number of benzene rings is 2. The highest BCUT2D eigenvalue weighted by atomic mass is 32.2. The number of nitrogens with zero attached hydrogens (tertiary/aromatic N) is 2. The summed E-state index contributed by atoms with van der Waals surface area (Å²) in [5, 5.41) is 2.82. The molecule has 2 aromatic carbocycles. The summed E-state index contributed by atoms with van der Waals surface area (Å²) in [4.78, 5) is 8.26. The summed E-state index contributed by atoms with van der Waals surface area (Å²) >= 11 is 1.55. The average molecular weight is 283 g/mol. The van der Waals surface area contributed by atoms with Gasteiger partial charge in [0.05, 0.1) is 0 Å². The number of hydrogen-bond donors (Lipinski definition) is 1. The van der Waals surface area contributed by atoms with Gasteiger partial charge in [-0.2, -0.15) is 0 Å². The van der Waals surface area contributed by atoms with Gasteiger partial charge in [-0.1, -0.05) is 24.3 Å². The van der Waals surface area contributed by atoms with E-state index in [0.29, 0.717) is 5.88 Å². The molecule has 1 heterocycles. The summed E-state index contributed by atoms with van der Waals surface area (Å²) in [5.74, 6) is 1.26. The van der Waals surface area contributed by atoms with Crippen molar-refractivity contribution in [1.82, 2.24) is 9.97 Å². The lowest BCUT2D eigenvalue weighted by Gasteiger charge is -2.10. The zero-order valence-corrected chi connectivity index (χ0v) is 11.7. The first-order chi connectivity index (χ1) is 9.78. The molecule has 0 saturated heterocycles. The molecule has 1 aromatic heterocycles. The fourth-order valence-electron chi connectivity index (χ4n) is 1.99. The van der Waals surface area contributed by atoms with E-state index in [1.165, 1.54) is 6.33 Å². The van der Waals surface area contributed by atoms with Crippen LogP contribution < -0.4 is 10.5 Å². The Kier molecular flexibility index (Phi) is 3.43. The lowest BCUT2D eigenvalue weighted by molar-refractivity contribution is 0.464. The number of hydrogen-bond acceptors (Lipinski definition) is 5. The summed E-state index contributed by atoms with van der Waals surface area (Å²) in [6, 6.07) is 13.4. The van der Waals surface area contributed by atoms with Gasteiger partial charge >= 0.3 is 0 Å². The van der Waals surface area contributed by atoms with Crippen molar-refractivity contribution in [3.63, 3.8) is 0 Å². The average Bonchev–Trinajstić information content (AvgIpc) is 2.51. The maximum absolute atomic E-state index is 5.98. The predicted molar refractivity (Wildman–Crippen MR) is 82.2 cm³/mol. The molecular formula is C15H13N3OS. The maximum Gasteiger partial charge on any atom is 0.223 e. The van der Waals surface area contributed by atoms with Crippen LogP contribution in [0.4, 0.5) is 5.69 Å². The largest absolute Gasteiger partial charge is 0.438 e. The molecule has 0 spiro atoms. The number of fused-ring (bicyclic) bond motifs is 1. The Bertz CT molecular complexity index is 761. The smallest absolute Gasteiger partial charge is 0.223 e. The van der Waals surface area contributed by atoms with E-state index in [2.05, 4.69) is 9.97 Å². The van der Waals surface area contributed by atoms with Gasteiger partial charge in [-0.25, -0.2) is 9.97 Å². The van der Waals surface area contributed by atoms with E-state index in [0.717, 1.165) is 27.2 Å². The maximum atomic E-state index is 5.98. The second kappa shape index (κ2) is 5.38. The Labute approximate surface area is 121 Å². The van der Waals surface area contributed by atoms with Gasteiger partial charge in [-0.05, 0) is 18.4 Å². The molecule has 0 fully saturated rings. The Morgan fingerprint density at radius 2 is 1.85 bits per heavy atom. The molecule has 3 aromatic rings. The van der Waals surface area contributed by atoms with Gasteiger partial charge in [-0.3, -0.25) is 0 Å². The zero-order chi connectivity index (χ0) is 13.9. The molecule has 0 aliphatic carbocycles. The highest BCUT2D eigenvalue weighted by Crippen LogP contribution is 2.32. The Morgan fingerprint density at radius 3 is 2.65 bits per heavy atom. The molecule has 3 rings (SSSR count). The Morgan fingerprint density at radius 1 is 1.05 bits per heavy atom. The fraction of sp³-hybridized carbons (Fsp3) is 0.0667. The number of aromatic nitrogens is 2. The van der Waals surface area contributed by atoms with Gasteiger partial charge in [0.25, 0.3) is 0 Å². The van der Waals surface area contributed by atoms with Gasteiger partial charge < -0.3 is 10.5 Å². The van der Waals surface area contributed by atoms with Crippen LogP contribution in [0.1, 0.15) is 0 Å². The zero-order valence-electron chi connectivity index (χ0n) is 10.9. The van der Waals surface area contributed by atoms with Crippen molar-refractivity contribution >= 4 is 28.2 Å². The van der Waals surface area contributed by atoms with Crippen molar-refractivity contribution in [2.24, 2.45) is 0 Å². The molecule has 5 heteroatoms. The van der Waals surface area contributed by atoms with Gasteiger partial charge in [0.2, 0.25) is 5.88 Å². The molecule has 0 amide bonds. The van der Waals surface area contributed by atoms with E-state index in [9.17, 15) is 0 Å². The van der Waals surface area contributed by atoms with Crippen LogP contribution in [0.15, 0.2) is 53.8 Å². The highest BCUT2D eigenvalue weighted by molar-refractivity contribution is 7.98. The first-order valence-electron chi connectivity index (χ1n) is 6.09. The summed E-state index contributed by atoms with van der Waals surface area (Å²) in [5.41, 5.74) is 6.72. The minimum Gasteiger partial charge on any atom is -0.438 e. The number of nitrogen functional groups attached to an aromatic ring is 1. The summed E-state index contributed by atoms with van der Waals surface area (Å²) in [7, 11) is 0. The molecule has 0 aliphatic rings. The summed E-state index contributed by atoms with van der Waals surface area (Å²) < 4.78 is 5.87. The molecule has 0 bridgehead atoms. The Balaban J connectivity index is 2.04. The first kappa shape index (κ1) is 12.7. The molecule has 4 nitrogen and oxygen atoms in total. The van der Waals surface area contributed by atoms with Gasteiger partial charge in [0.15, 0.2) is 0 Å². The number of nitrogens with two attached hydrogens (primary N) is 1. The molecular weight excluding hydrogens is 270 g/mol. The van der Waals surface area contributed by atoms with Gasteiger partial charge in [-0.15, -0.1) is 11.8 Å². The molecule has 100 valence electrons. The number of anilines is 1. The second-order valence-corrected chi connectivity index (χ2v) is 5.03. The minimum atomic E-state index is 0.527. The van der Waals surface area contributed by atoms with E-state index in [-0.39, 0.29) is 0 Å². The predicted octanol–water partition coefficient (Wildman–Crippen LogP) is 3.73. The lowest BCUT2D eigenvalue weighted by Crippen LogP contribution is -1.93. The SMILES string of the molecule is CSc1cc(Oc2ccc(N)c3ccccc23)ncn1. The van der Waals surface area contributed by atoms with Crippen molar-refractivity contribution in [3.05, 3.63) is 48.8 Å². The van der Waals surface area contributed by atoms with Crippen molar-refractivity contribution < 1.29 is 4.74 Å². The van der Waals surface area contributed by atoms with E-state index in [1.807, 2.05) is 48.7 Å². The molecule has 0 radical (unpaired) electrons. The molecule has 0 aliphatic heterocycles. The molecule has 0 atom stereocenters. The van der Waals surface area contributed by atoms with E-state index in [1.54, 1.807) is 11.8 Å². The van der Waals surface area contributed by atoms with Crippen LogP contribution in [0.3, 0.4) is 0 Å². The first-order valence-corrected chi connectivity index (χ1v) is 7.31. The second-order valence-electron chi connectivity index (χ2n) is 4.20. The van der Waals surface area contributed by atoms with Crippen LogP contribution in [0, 0.1) is 0 Å². The van der Waals surface area contributed by atoms with E-state index >= 15 is 0 Å². The third-order valence-electron chi connectivity index (χ3n) is 2.96. The van der Waals surface area contributed by atoms with Crippen LogP contribution in [-0.4, -0.2) is 16.2 Å². The lowest BCUT2D eigenvalue weighted by atomic mass is 10.1. The van der Waals surface area contributed by atoms with Gasteiger partial charge in [0, 0.05) is 22.5 Å². The van der Waals surface area contributed by atoms with Crippen LogP contribution in [0.25, 0.3) is 10.8 Å². The van der Waals surface area contributed by atoms with E-state index in [4.69, 9.17) is 10.5 Å². The van der Waals surface area contributed by atoms with Crippen LogP contribution >= 0.6 is 11.8 Å². The third-order valence-corrected chi connectivity index (χ3v) is 3.60. The summed E-state index contributed by atoms with van der Waals surface area (Å²) in [6.07, 6.45) is 3.46. The van der Waals surface area contributed by atoms with Crippen LogP contribution in [0.5, 0.6) is 11.6 Å². The quantitative estimate of drug-likeness (QED) is 0.451. The van der Waals surface area contributed by atoms with Crippen molar-refractivity contribution in [2.45, 2.75) is 5.03 Å². The monoisotopic (exact) mass is 283 g/mol. The molecule has 0 saturated carbocycles. The van der Waals surface area contributed by atoms with Crippen LogP contribution in [0.2, 0.25) is 0 Å². The van der Waals surface area contributed by atoms with Gasteiger partial charge in [0.1, 0.15) is 17.1 Å². The highest BCUT2D eigenvalue weighted by Gasteiger charge is 2.07. The Hall–Kier alpha value is -2.27. The summed E-state index contributed by atoms with van der Waals surface area (Å²) in [6.45, 7) is 0. The van der Waals surface area contributed by atoms with Crippen molar-refractivity contribution in [3.8, 4) is 11.6 Å². The van der Waals surface area contributed by atoms with E-state index < -0.39 is 0 Å². The third kappa shape index (κ3) is 2.40. The molecule has 0 unspecified atom stereocenters. The van der Waals surface area contributed by atoms with Crippen LogP contribution in [-0.2, 0) is 0 Å². The topological polar surface area (TPSA) is 61.0 Å². The standard InChI is InChI=1S/C15H13N3OS/c1-20-15-8-14(17-9-18-15)19-13-7-6-12(16)10-4-2-3-5-11(10)13/h2-9H,16H2,1H3. The molecule has 20 heavy (non-hydrogen) atoms. The molecule has 2 N–H and O–H groups in total. The number of thioether (sulfide) groups is 1. The number of rotatable bonds is 3.